The van der Waals surface area contributed by atoms with Crippen molar-refractivity contribution in [2.75, 3.05) is 6.61 Å². The van der Waals surface area contributed by atoms with Crippen molar-refractivity contribution in [1.29, 1.82) is 0 Å². The normalized spacial score (nSPS) is 36.9. The van der Waals surface area contributed by atoms with Gasteiger partial charge in [0.2, 0.25) is 0 Å². The summed E-state index contributed by atoms with van der Waals surface area (Å²) in [5.74, 6) is -0.539. The maximum absolute atomic E-state index is 9.32. The number of hydrogen-bond donors (Lipinski definition) is 4. The smallest absolute Gasteiger partial charge is 0.160 e. The Labute approximate surface area is 238 Å². The van der Waals surface area contributed by atoms with Gasteiger partial charge < -0.3 is 25.2 Å². The molecule has 4 N–H and O–H groups in total. The van der Waals surface area contributed by atoms with Crippen LogP contribution >= 0.6 is 0 Å². The molecule has 0 aromatic rings. The predicted molar refractivity (Wildman–Crippen MR) is 39.1 cm³/mol. The third-order valence-electron chi connectivity index (χ3n) is 2.21. The van der Waals surface area contributed by atoms with Crippen molar-refractivity contribution in [2.24, 2.45) is 5.92 Å². The van der Waals surface area contributed by atoms with Gasteiger partial charge in [-0.1, -0.05) is 6.92 Å². The third-order valence-corrected chi connectivity index (χ3v) is 2.21. The summed E-state index contributed by atoms with van der Waals surface area (Å²) in [6.07, 6.45) is -4.20. The number of aliphatic hydroxyl groups excluding tert-OH is 4. The molecule has 9 heteroatoms. The van der Waals surface area contributed by atoms with Crippen LogP contribution in [-0.2, 0) is 4.74 Å². The van der Waals surface area contributed by atoms with Crippen molar-refractivity contribution in [3.8, 4) is 0 Å². The van der Waals surface area contributed by atoms with Crippen LogP contribution < -0.4 is 0 Å². The van der Waals surface area contributed by atoms with Crippen molar-refractivity contribution >= 4 is 0 Å². The van der Waals surface area contributed by atoms with Crippen LogP contribution in [0.2, 0.25) is 0 Å². The molecule has 0 aromatic carbocycles. The minimum Gasteiger partial charge on any atom is -0.394 e. The molecule has 1 heterocycles. The van der Waals surface area contributed by atoms with Crippen molar-refractivity contribution in [3.05, 3.63) is 0 Å². The van der Waals surface area contributed by atoms with Gasteiger partial charge in [0.15, 0.2) is 6.29 Å². The van der Waals surface area contributed by atoms with Gasteiger partial charge >= 0.3 is 0 Å². The van der Waals surface area contributed by atoms with Gasteiger partial charge in [-0.2, -0.15) is 0 Å². The first kappa shape index (κ1) is 29.6. The van der Waals surface area contributed by atoms with Crippen LogP contribution in [0.5, 0.6) is 0 Å². The zero-order valence-corrected chi connectivity index (χ0v) is 28.1. The van der Waals surface area contributed by atoms with Crippen molar-refractivity contribution < 1.29 is 201 Å². The van der Waals surface area contributed by atoms with Crippen LogP contribution in [0.1, 0.15) is 6.92 Å². The molecule has 5 atom stereocenters. The summed E-state index contributed by atoms with van der Waals surface area (Å²) in [6.45, 7) is 1.15. The quantitative estimate of drug-likeness (QED) is 0.246. The monoisotopic (exact) mass is 1090 g/mol. The fraction of sp³-hybridized carbons (Fsp3) is 1.00. The molecule has 1 aliphatic heterocycles. The molecule has 1 saturated heterocycles. The summed E-state index contributed by atoms with van der Waals surface area (Å²) in [5, 5.41) is 36.4. The third kappa shape index (κ3) is 8.88. The van der Waals surface area contributed by atoms with E-state index in [0.29, 0.717) is 0 Å². The van der Waals surface area contributed by atoms with Gasteiger partial charge in [-0.05, 0) is 0 Å². The van der Waals surface area contributed by atoms with Crippen LogP contribution in [0, 0.1) is 182 Å². The van der Waals surface area contributed by atoms with Crippen LogP contribution in [-0.4, -0.2) is 51.6 Å². The second-order valence-electron chi connectivity index (χ2n) is 3.09. The van der Waals surface area contributed by atoms with Crippen molar-refractivity contribution in [1.82, 2.24) is 0 Å². The SMILES string of the molecule is C[C@H]1C(O)OC(CO)C(O)C1O.[Ac].[Ac].[Ac].[Ac]. The second-order valence-corrected chi connectivity index (χ2v) is 3.09. The fourth-order valence-corrected chi connectivity index (χ4v) is 1.23. The minimum atomic E-state index is -1.13. The molecule has 4 radical (unpaired) electrons. The fourth-order valence-electron chi connectivity index (χ4n) is 1.23. The van der Waals surface area contributed by atoms with E-state index >= 15 is 0 Å². The van der Waals surface area contributed by atoms with E-state index in [0.717, 1.165) is 0 Å². The molecule has 1 fully saturated rings. The first-order valence-corrected chi connectivity index (χ1v) is 3.88. The average Bonchev–Trinajstić information content (AvgIpc) is 2.08. The minimum absolute atomic E-state index is 0. The molecule has 0 amide bonds. The summed E-state index contributed by atoms with van der Waals surface area (Å²) in [4.78, 5) is 0. The number of hydrogen-bond acceptors (Lipinski definition) is 5. The maximum Gasteiger partial charge on any atom is 0.160 e. The Morgan fingerprint density at radius 2 is 1.38 bits per heavy atom. The van der Waals surface area contributed by atoms with Gasteiger partial charge in [-0.15, -0.1) is 0 Å². The zero-order chi connectivity index (χ0) is 9.30. The molecular weight excluding hydrogens is 1070 g/mol. The van der Waals surface area contributed by atoms with E-state index in [4.69, 9.17) is 14.9 Å². The van der Waals surface area contributed by atoms with E-state index < -0.39 is 37.1 Å². The van der Waals surface area contributed by atoms with E-state index in [9.17, 15) is 10.2 Å². The molecule has 84 valence electrons. The van der Waals surface area contributed by atoms with Gasteiger partial charge in [-0.25, -0.2) is 0 Å². The van der Waals surface area contributed by atoms with Crippen LogP contribution in [0.4, 0.5) is 0 Å². The van der Waals surface area contributed by atoms with Crippen molar-refractivity contribution in [3.63, 3.8) is 0 Å². The Morgan fingerprint density at radius 3 is 1.75 bits per heavy atom. The molecular formula is C7H14Ac4O5. The first-order chi connectivity index (χ1) is 5.57. The van der Waals surface area contributed by atoms with Crippen LogP contribution in [0.15, 0.2) is 0 Å². The molecule has 16 heavy (non-hydrogen) atoms. The first-order valence-electron chi connectivity index (χ1n) is 3.88. The molecule has 1 rings (SSSR count). The topological polar surface area (TPSA) is 90.2 Å². The molecule has 0 saturated carbocycles. The van der Waals surface area contributed by atoms with Crippen molar-refractivity contribution in [2.45, 2.75) is 31.5 Å². The second kappa shape index (κ2) is 15.5. The Hall–Kier alpha value is 5.57. The van der Waals surface area contributed by atoms with Gasteiger partial charge in [0, 0.05) is 182 Å². The van der Waals surface area contributed by atoms with Gasteiger partial charge in [0.05, 0.1) is 12.7 Å². The van der Waals surface area contributed by atoms with E-state index in [2.05, 4.69) is 0 Å². The standard InChI is InChI=1S/C7H14O5.4Ac/c1-3-5(9)6(10)4(2-8)12-7(3)11;;;;/h3-11H,2H2,1H3;;;;/t3-,4?,5?,6?,7?;;;;/m1..../s1. The summed E-state index contributed by atoms with van der Waals surface area (Å²) >= 11 is 0. The summed E-state index contributed by atoms with van der Waals surface area (Å²) in [6, 6.07) is 0. The Morgan fingerprint density at radius 1 is 0.938 bits per heavy atom. The van der Waals surface area contributed by atoms with E-state index in [1.54, 1.807) is 6.92 Å². The average molecular weight is 1090 g/mol. The largest absolute Gasteiger partial charge is 0.394 e. The Bertz CT molecular complexity index is 159. The van der Waals surface area contributed by atoms with Gasteiger partial charge in [0.25, 0.3) is 0 Å². The zero-order valence-electron chi connectivity index (χ0n) is 9.10. The van der Waals surface area contributed by atoms with Crippen LogP contribution in [0.25, 0.3) is 0 Å². The number of aliphatic hydroxyl groups is 4. The molecule has 0 bridgehead atoms. The van der Waals surface area contributed by atoms with Crippen LogP contribution in [0.3, 0.4) is 0 Å². The van der Waals surface area contributed by atoms with E-state index in [-0.39, 0.29) is 176 Å². The molecule has 5 nitrogen and oxygen atoms in total. The van der Waals surface area contributed by atoms with Gasteiger partial charge in [-0.3, -0.25) is 0 Å². The molecule has 1 aliphatic rings. The summed E-state index contributed by atoms with van der Waals surface area (Å²) in [5.41, 5.74) is 0. The molecule has 0 spiro atoms. The van der Waals surface area contributed by atoms with Gasteiger partial charge in [0.1, 0.15) is 12.2 Å². The number of rotatable bonds is 1. The maximum atomic E-state index is 9.32. The van der Waals surface area contributed by atoms with E-state index in [1.165, 1.54) is 0 Å². The molecule has 0 aromatic heterocycles. The summed E-state index contributed by atoms with van der Waals surface area (Å²) < 4.78 is 4.83. The Kier molecular flexibility index (Phi) is 28.6. The summed E-state index contributed by atoms with van der Waals surface area (Å²) in [7, 11) is 0. The molecule has 4 unspecified atom stereocenters. The predicted octanol–water partition coefficient (Wildman–Crippen LogP) is -1.95. The molecule has 0 aliphatic carbocycles. The van der Waals surface area contributed by atoms with E-state index in [1.807, 2.05) is 0 Å². The Balaban J connectivity index is -0.000000180. The number of ether oxygens (including phenoxy) is 1.